The largest absolute Gasteiger partial charge is 0.324 e. The number of halogens is 2. The first-order chi connectivity index (χ1) is 14.0. The Balaban J connectivity index is 1.70. The summed E-state index contributed by atoms with van der Waals surface area (Å²) in [7, 11) is 0. The number of para-hydroxylation sites is 2. The van der Waals surface area contributed by atoms with E-state index >= 15 is 0 Å². The van der Waals surface area contributed by atoms with Gasteiger partial charge in [-0.15, -0.1) is 0 Å². The smallest absolute Gasteiger partial charge is 0.244 e. The topological polar surface area (TPSA) is 64.0 Å². The van der Waals surface area contributed by atoms with Crippen LogP contribution in [0.2, 0.25) is 5.02 Å². The minimum Gasteiger partial charge on any atom is -0.324 e. The monoisotopic (exact) mass is 407 g/mol. The van der Waals surface area contributed by atoms with Crippen molar-refractivity contribution in [2.75, 3.05) is 5.32 Å². The third-order valence-electron chi connectivity index (χ3n) is 4.35. The molecule has 144 valence electrons. The predicted molar refractivity (Wildman–Crippen MR) is 110 cm³/mol. The predicted octanol–water partition coefficient (Wildman–Crippen LogP) is 4.70. The lowest BCUT2D eigenvalue weighted by Crippen LogP contribution is -2.22. The van der Waals surface area contributed by atoms with Gasteiger partial charge in [-0.2, -0.15) is 0 Å². The Bertz CT molecular complexity index is 1240. The molecular formula is C22H15ClFN3O2. The standard InChI is InChI=1S/C22H15ClFN3O2/c23-15-6-4-8-17(12-15)25-20(28)13-27-19-10-2-1-9-18(19)26-22(27)21(29)14-5-3-7-16(24)11-14/h1-12H,13H2,(H,25,28). The van der Waals surface area contributed by atoms with Crippen LogP contribution in [0.25, 0.3) is 11.0 Å². The van der Waals surface area contributed by atoms with Crippen LogP contribution in [0.1, 0.15) is 16.2 Å². The number of anilines is 1. The summed E-state index contributed by atoms with van der Waals surface area (Å²) >= 11 is 5.95. The zero-order chi connectivity index (χ0) is 20.4. The van der Waals surface area contributed by atoms with Crippen LogP contribution in [-0.4, -0.2) is 21.2 Å². The van der Waals surface area contributed by atoms with Crippen molar-refractivity contribution in [3.05, 3.63) is 95.0 Å². The van der Waals surface area contributed by atoms with E-state index in [4.69, 9.17) is 11.6 Å². The Morgan fingerprint density at radius 2 is 1.79 bits per heavy atom. The first-order valence-corrected chi connectivity index (χ1v) is 9.20. The maximum atomic E-state index is 13.6. The molecule has 3 aromatic carbocycles. The molecule has 0 radical (unpaired) electrons. The van der Waals surface area contributed by atoms with Gasteiger partial charge in [-0.05, 0) is 42.5 Å². The quantitative estimate of drug-likeness (QED) is 0.488. The molecule has 0 fully saturated rings. The Kier molecular flexibility index (Phi) is 5.10. The minimum absolute atomic E-state index is 0.0676. The molecule has 29 heavy (non-hydrogen) atoms. The molecule has 0 saturated heterocycles. The summed E-state index contributed by atoms with van der Waals surface area (Å²) in [4.78, 5) is 30.0. The van der Waals surface area contributed by atoms with E-state index in [0.29, 0.717) is 21.7 Å². The molecule has 1 amide bonds. The second-order valence-electron chi connectivity index (χ2n) is 6.41. The molecule has 1 N–H and O–H groups in total. The zero-order valence-electron chi connectivity index (χ0n) is 15.1. The molecule has 7 heteroatoms. The van der Waals surface area contributed by atoms with Gasteiger partial charge in [-0.1, -0.05) is 41.9 Å². The van der Waals surface area contributed by atoms with Crippen molar-refractivity contribution in [2.45, 2.75) is 6.54 Å². The summed E-state index contributed by atoms with van der Waals surface area (Å²) < 4.78 is 15.1. The van der Waals surface area contributed by atoms with Gasteiger partial charge in [0.15, 0.2) is 5.82 Å². The molecule has 0 unspecified atom stereocenters. The van der Waals surface area contributed by atoms with Gasteiger partial charge >= 0.3 is 0 Å². The van der Waals surface area contributed by atoms with Gasteiger partial charge in [0.1, 0.15) is 12.4 Å². The molecule has 0 aliphatic heterocycles. The average Bonchev–Trinajstić information content (AvgIpc) is 3.06. The number of rotatable bonds is 5. The third kappa shape index (κ3) is 4.02. The molecule has 1 heterocycles. The number of hydrogen-bond donors (Lipinski definition) is 1. The third-order valence-corrected chi connectivity index (χ3v) is 4.59. The Hall–Kier alpha value is -3.51. The van der Waals surface area contributed by atoms with Gasteiger partial charge in [-0.3, -0.25) is 9.59 Å². The van der Waals surface area contributed by atoms with Crippen LogP contribution in [0, 0.1) is 5.82 Å². The van der Waals surface area contributed by atoms with Gasteiger partial charge in [0.05, 0.1) is 11.0 Å². The first kappa shape index (κ1) is 18.8. The summed E-state index contributed by atoms with van der Waals surface area (Å²) in [6.45, 7) is -0.136. The fourth-order valence-corrected chi connectivity index (χ4v) is 3.27. The van der Waals surface area contributed by atoms with Gasteiger partial charge in [0.2, 0.25) is 11.7 Å². The van der Waals surface area contributed by atoms with Crippen LogP contribution >= 0.6 is 11.6 Å². The number of aromatic nitrogens is 2. The van der Waals surface area contributed by atoms with Crippen molar-refractivity contribution >= 4 is 40.0 Å². The van der Waals surface area contributed by atoms with Crippen molar-refractivity contribution in [1.82, 2.24) is 9.55 Å². The van der Waals surface area contributed by atoms with Gasteiger partial charge < -0.3 is 9.88 Å². The number of benzene rings is 3. The van der Waals surface area contributed by atoms with E-state index in [2.05, 4.69) is 10.3 Å². The molecule has 1 aromatic heterocycles. The normalized spacial score (nSPS) is 10.8. The van der Waals surface area contributed by atoms with E-state index < -0.39 is 11.6 Å². The minimum atomic E-state index is -0.516. The van der Waals surface area contributed by atoms with Crippen molar-refractivity contribution in [1.29, 1.82) is 0 Å². The van der Waals surface area contributed by atoms with Crippen LogP contribution in [0.15, 0.2) is 72.8 Å². The molecule has 0 aliphatic carbocycles. The number of carbonyl (C=O) groups excluding carboxylic acids is 2. The number of nitrogens with one attached hydrogen (secondary N) is 1. The highest BCUT2D eigenvalue weighted by molar-refractivity contribution is 6.30. The van der Waals surface area contributed by atoms with Crippen molar-refractivity contribution in [3.8, 4) is 0 Å². The van der Waals surface area contributed by atoms with Crippen molar-refractivity contribution in [2.24, 2.45) is 0 Å². The summed E-state index contributed by atoms with van der Waals surface area (Å²) in [6.07, 6.45) is 0. The van der Waals surface area contributed by atoms with E-state index in [-0.39, 0.29) is 23.8 Å². The Morgan fingerprint density at radius 3 is 2.59 bits per heavy atom. The lowest BCUT2D eigenvalue weighted by atomic mass is 10.1. The maximum absolute atomic E-state index is 13.6. The van der Waals surface area contributed by atoms with E-state index in [1.54, 1.807) is 48.5 Å². The summed E-state index contributed by atoms with van der Waals surface area (Å²) in [6, 6.07) is 19.3. The highest BCUT2D eigenvalue weighted by Crippen LogP contribution is 2.20. The lowest BCUT2D eigenvalue weighted by molar-refractivity contribution is -0.116. The zero-order valence-corrected chi connectivity index (χ0v) is 15.9. The highest BCUT2D eigenvalue weighted by atomic mass is 35.5. The van der Waals surface area contributed by atoms with Gasteiger partial charge in [-0.25, -0.2) is 9.37 Å². The van der Waals surface area contributed by atoms with Gasteiger partial charge in [0.25, 0.3) is 0 Å². The van der Waals surface area contributed by atoms with Crippen LogP contribution < -0.4 is 5.32 Å². The molecule has 0 saturated carbocycles. The highest BCUT2D eigenvalue weighted by Gasteiger charge is 2.21. The molecule has 4 aromatic rings. The number of fused-ring (bicyclic) bond motifs is 1. The molecule has 0 spiro atoms. The maximum Gasteiger partial charge on any atom is 0.244 e. The molecule has 0 aliphatic rings. The van der Waals surface area contributed by atoms with Crippen LogP contribution in [0.4, 0.5) is 10.1 Å². The fourth-order valence-electron chi connectivity index (χ4n) is 3.08. The average molecular weight is 408 g/mol. The lowest BCUT2D eigenvalue weighted by Gasteiger charge is -2.10. The molecule has 4 rings (SSSR count). The summed E-state index contributed by atoms with van der Waals surface area (Å²) in [5.41, 5.74) is 1.91. The van der Waals surface area contributed by atoms with E-state index in [9.17, 15) is 14.0 Å². The number of carbonyl (C=O) groups is 2. The van der Waals surface area contributed by atoms with Crippen LogP contribution in [0.5, 0.6) is 0 Å². The second kappa shape index (κ2) is 7.85. The number of hydrogen-bond acceptors (Lipinski definition) is 3. The van der Waals surface area contributed by atoms with E-state index in [1.807, 2.05) is 0 Å². The Morgan fingerprint density at radius 1 is 1.00 bits per heavy atom. The molecular weight excluding hydrogens is 393 g/mol. The van der Waals surface area contributed by atoms with Crippen LogP contribution in [-0.2, 0) is 11.3 Å². The van der Waals surface area contributed by atoms with E-state index in [1.165, 1.54) is 22.8 Å². The summed E-state index contributed by atoms with van der Waals surface area (Å²) in [5, 5.41) is 3.26. The fraction of sp³-hybridized carbons (Fsp3) is 0.0455. The second-order valence-corrected chi connectivity index (χ2v) is 6.84. The number of imidazole rings is 1. The van der Waals surface area contributed by atoms with Gasteiger partial charge in [0, 0.05) is 16.3 Å². The molecule has 5 nitrogen and oxygen atoms in total. The molecule has 0 bridgehead atoms. The SMILES string of the molecule is O=C(Cn1c(C(=O)c2cccc(F)c2)nc2ccccc21)Nc1cccc(Cl)c1. The number of nitrogens with zero attached hydrogens (tertiary/aromatic N) is 2. The van der Waals surface area contributed by atoms with E-state index in [0.717, 1.165) is 6.07 Å². The first-order valence-electron chi connectivity index (χ1n) is 8.82. The Labute approximate surface area is 170 Å². The summed E-state index contributed by atoms with van der Waals surface area (Å²) in [5.74, 6) is -1.25. The molecule has 0 atom stereocenters. The number of amides is 1. The van der Waals surface area contributed by atoms with Crippen LogP contribution in [0.3, 0.4) is 0 Å². The number of ketones is 1. The van der Waals surface area contributed by atoms with Crippen molar-refractivity contribution in [3.63, 3.8) is 0 Å². The van der Waals surface area contributed by atoms with Crippen molar-refractivity contribution < 1.29 is 14.0 Å².